The quantitative estimate of drug-likeness (QED) is 0.317. The van der Waals surface area contributed by atoms with Crippen LogP contribution < -0.4 is 9.47 Å². The topological polar surface area (TPSA) is 76.1 Å². The molecule has 1 amide bonds. The molecule has 1 aliphatic heterocycles. The average molecular weight is 452 g/mol. The summed E-state index contributed by atoms with van der Waals surface area (Å²) in [6.07, 6.45) is 2.49. The van der Waals surface area contributed by atoms with E-state index in [4.69, 9.17) is 9.47 Å². The van der Waals surface area contributed by atoms with Gasteiger partial charge in [-0.1, -0.05) is 38.5 Å². The fourth-order valence-corrected chi connectivity index (χ4v) is 4.33. The first-order chi connectivity index (χ1) is 15.8. The number of nitrogens with zero attached hydrogens (tertiary/aromatic N) is 1. The Labute approximate surface area is 195 Å². The molecule has 1 unspecified atom stereocenters. The number of benzene rings is 2. The normalized spacial score (nSPS) is 17.5. The molecule has 0 saturated carbocycles. The summed E-state index contributed by atoms with van der Waals surface area (Å²) in [4.78, 5) is 27.8. The zero-order valence-electron chi connectivity index (χ0n) is 20.1. The minimum Gasteiger partial charge on any atom is -0.507 e. The molecule has 0 bridgehead atoms. The zero-order valence-corrected chi connectivity index (χ0v) is 20.1. The van der Waals surface area contributed by atoms with Crippen LogP contribution in [0.1, 0.15) is 61.4 Å². The van der Waals surface area contributed by atoms with Gasteiger partial charge in [0.05, 0.1) is 30.9 Å². The van der Waals surface area contributed by atoms with E-state index in [1.165, 1.54) is 7.11 Å². The Balaban J connectivity index is 2.22. The molecule has 0 aromatic heterocycles. The first-order valence-electron chi connectivity index (χ1n) is 11.5. The van der Waals surface area contributed by atoms with Crippen molar-refractivity contribution in [2.24, 2.45) is 0 Å². The minimum absolute atomic E-state index is 0.0760. The Morgan fingerprint density at radius 1 is 1.09 bits per heavy atom. The molecule has 1 aliphatic rings. The number of aliphatic hydroxyl groups is 1. The van der Waals surface area contributed by atoms with Gasteiger partial charge in [0.1, 0.15) is 17.3 Å². The molecule has 0 spiro atoms. The molecule has 1 atom stereocenters. The lowest BCUT2D eigenvalue weighted by Gasteiger charge is -2.26. The van der Waals surface area contributed by atoms with Crippen LogP contribution in [0.15, 0.2) is 42.0 Å². The molecule has 1 fully saturated rings. The fraction of sp³-hybridized carbons (Fsp3) is 0.407. The molecule has 176 valence electrons. The number of amides is 1. The summed E-state index contributed by atoms with van der Waals surface area (Å²) in [5.41, 5.74) is 2.97. The van der Waals surface area contributed by atoms with Crippen molar-refractivity contribution in [1.82, 2.24) is 4.90 Å². The van der Waals surface area contributed by atoms with E-state index in [1.807, 2.05) is 58.0 Å². The highest BCUT2D eigenvalue weighted by atomic mass is 16.5. The summed E-state index contributed by atoms with van der Waals surface area (Å²) >= 11 is 0. The first kappa shape index (κ1) is 24.4. The van der Waals surface area contributed by atoms with E-state index in [-0.39, 0.29) is 11.3 Å². The van der Waals surface area contributed by atoms with Crippen molar-refractivity contribution in [3.8, 4) is 11.5 Å². The highest BCUT2D eigenvalue weighted by Gasteiger charge is 2.46. The number of aliphatic hydroxyl groups excluding tert-OH is 1. The van der Waals surface area contributed by atoms with E-state index in [0.29, 0.717) is 30.2 Å². The van der Waals surface area contributed by atoms with Gasteiger partial charge in [-0.05, 0) is 61.6 Å². The second-order valence-corrected chi connectivity index (χ2v) is 8.43. The van der Waals surface area contributed by atoms with Crippen molar-refractivity contribution in [3.05, 3.63) is 64.2 Å². The third-order valence-electron chi connectivity index (χ3n) is 5.82. The van der Waals surface area contributed by atoms with Crippen LogP contribution in [0.4, 0.5) is 0 Å². The van der Waals surface area contributed by atoms with E-state index in [2.05, 4.69) is 0 Å². The first-order valence-corrected chi connectivity index (χ1v) is 11.5. The number of rotatable bonds is 9. The third-order valence-corrected chi connectivity index (χ3v) is 5.82. The van der Waals surface area contributed by atoms with Gasteiger partial charge in [0.2, 0.25) is 0 Å². The summed E-state index contributed by atoms with van der Waals surface area (Å²) in [6.45, 7) is 8.85. The SMILES string of the molecule is CCCCN1C(=O)C(=O)/C(=C(/O)c2cc(C)cc(C)c2OC)C1c1cccc(OCCC)c1. The standard InChI is InChI=1S/C27H33NO5/c1-6-8-12-28-23(19-10-9-11-20(16-19)33-13-7-2)22(25(30)27(28)31)24(29)21-15-17(3)14-18(4)26(21)32-5/h9-11,14-16,23,29H,6-8,12-13H2,1-5H3/b24-22+. The van der Waals surface area contributed by atoms with Crippen LogP contribution in [-0.4, -0.2) is 42.0 Å². The monoisotopic (exact) mass is 451 g/mol. The molecule has 6 nitrogen and oxygen atoms in total. The van der Waals surface area contributed by atoms with Gasteiger partial charge >= 0.3 is 0 Å². The van der Waals surface area contributed by atoms with E-state index >= 15 is 0 Å². The molecule has 2 aromatic rings. The predicted molar refractivity (Wildman–Crippen MR) is 129 cm³/mol. The maximum atomic E-state index is 13.2. The van der Waals surface area contributed by atoms with Crippen LogP contribution in [0.25, 0.3) is 5.76 Å². The van der Waals surface area contributed by atoms with E-state index in [1.54, 1.807) is 11.0 Å². The van der Waals surface area contributed by atoms with Gasteiger partial charge < -0.3 is 19.5 Å². The number of Topliss-reactive ketones (excluding diaryl/α,β-unsaturated/α-hetero) is 1. The lowest BCUT2D eigenvalue weighted by atomic mass is 9.93. The van der Waals surface area contributed by atoms with Gasteiger partial charge in [0, 0.05) is 6.54 Å². The van der Waals surface area contributed by atoms with Gasteiger partial charge in [0.25, 0.3) is 11.7 Å². The molecule has 1 saturated heterocycles. The van der Waals surface area contributed by atoms with Crippen molar-refractivity contribution in [2.45, 2.75) is 53.0 Å². The van der Waals surface area contributed by atoms with Crippen LogP contribution in [-0.2, 0) is 9.59 Å². The van der Waals surface area contributed by atoms with Crippen molar-refractivity contribution >= 4 is 17.4 Å². The summed E-state index contributed by atoms with van der Waals surface area (Å²) in [5.74, 6) is -0.357. The molecule has 33 heavy (non-hydrogen) atoms. The number of carbonyl (C=O) groups excluding carboxylic acids is 2. The molecular formula is C27H33NO5. The third kappa shape index (κ3) is 4.90. The van der Waals surface area contributed by atoms with Gasteiger partial charge in [-0.15, -0.1) is 0 Å². The van der Waals surface area contributed by atoms with Gasteiger partial charge in [-0.2, -0.15) is 0 Å². The summed E-state index contributed by atoms with van der Waals surface area (Å²) in [6, 6.07) is 10.4. The Morgan fingerprint density at radius 2 is 1.85 bits per heavy atom. The molecule has 3 rings (SSSR count). The van der Waals surface area contributed by atoms with Crippen LogP contribution in [0, 0.1) is 13.8 Å². The Kier molecular flexibility index (Phi) is 7.79. The molecule has 6 heteroatoms. The Hall–Kier alpha value is -3.28. The van der Waals surface area contributed by atoms with Crippen molar-refractivity contribution in [2.75, 3.05) is 20.3 Å². The second-order valence-electron chi connectivity index (χ2n) is 8.43. The van der Waals surface area contributed by atoms with Gasteiger partial charge in [-0.25, -0.2) is 0 Å². The number of methoxy groups -OCH3 is 1. The number of carbonyl (C=O) groups is 2. The lowest BCUT2D eigenvalue weighted by Crippen LogP contribution is -2.30. The van der Waals surface area contributed by atoms with Crippen LogP contribution in [0.5, 0.6) is 11.5 Å². The molecular weight excluding hydrogens is 418 g/mol. The number of likely N-dealkylation sites (tertiary alicyclic amines) is 1. The number of aryl methyl sites for hydroxylation is 2. The second kappa shape index (κ2) is 10.6. The highest BCUT2D eigenvalue weighted by Crippen LogP contribution is 2.42. The molecule has 0 radical (unpaired) electrons. The Bertz CT molecular complexity index is 1070. The van der Waals surface area contributed by atoms with Crippen LogP contribution in [0.2, 0.25) is 0 Å². The molecule has 0 aliphatic carbocycles. The number of hydrogen-bond donors (Lipinski definition) is 1. The minimum atomic E-state index is -0.702. The average Bonchev–Trinajstić information content (AvgIpc) is 3.05. The van der Waals surface area contributed by atoms with E-state index in [0.717, 1.165) is 36.0 Å². The van der Waals surface area contributed by atoms with Crippen molar-refractivity contribution < 1.29 is 24.2 Å². The van der Waals surface area contributed by atoms with Crippen molar-refractivity contribution in [3.63, 3.8) is 0 Å². The van der Waals surface area contributed by atoms with Gasteiger partial charge in [0.15, 0.2) is 0 Å². The predicted octanol–water partition coefficient (Wildman–Crippen LogP) is 5.32. The van der Waals surface area contributed by atoms with E-state index < -0.39 is 17.7 Å². The summed E-state index contributed by atoms with van der Waals surface area (Å²) in [5, 5.41) is 11.4. The number of ketones is 1. The highest BCUT2D eigenvalue weighted by molar-refractivity contribution is 6.46. The molecule has 1 heterocycles. The Morgan fingerprint density at radius 3 is 2.52 bits per heavy atom. The summed E-state index contributed by atoms with van der Waals surface area (Å²) < 4.78 is 11.3. The van der Waals surface area contributed by atoms with Crippen LogP contribution in [0.3, 0.4) is 0 Å². The van der Waals surface area contributed by atoms with E-state index in [9.17, 15) is 14.7 Å². The lowest BCUT2D eigenvalue weighted by molar-refractivity contribution is -0.139. The van der Waals surface area contributed by atoms with Crippen LogP contribution >= 0.6 is 0 Å². The number of unbranched alkanes of at least 4 members (excludes halogenated alkanes) is 1. The van der Waals surface area contributed by atoms with Crippen molar-refractivity contribution in [1.29, 1.82) is 0 Å². The number of hydrogen-bond acceptors (Lipinski definition) is 5. The molecule has 2 aromatic carbocycles. The maximum Gasteiger partial charge on any atom is 0.295 e. The largest absolute Gasteiger partial charge is 0.507 e. The zero-order chi connectivity index (χ0) is 24.1. The molecule has 1 N–H and O–H groups in total. The fourth-order valence-electron chi connectivity index (χ4n) is 4.33. The maximum absolute atomic E-state index is 13.2. The van der Waals surface area contributed by atoms with Gasteiger partial charge in [-0.3, -0.25) is 9.59 Å². The summed E-state index contributed by atoms with van der Waals surface area (Å²) in [7, 11) is 1.53. The number of ether oxygens (including phenoxy) is 2. The smallest absolute Gasteiger partial charge is 0.295 e.